The van der Waals surface area contributed by atoms with Crippen LogP contribution in [0.5, 0.6) is 0 Å². The minimum Gasteiger partial charge on any atom is -0.330 e. The van der Waals surface area contributed by atoms with Crippen molar-refractivity contribution in [3.8, 4) is 22.5 Å². The molecular formula is C20H19ClN2. The van der Waals surface area contributed by atoms with Gasteiger partial charge in [-0.15, -0.1) is 0 Å². The van der Waals surface area contributed by atoms with E-state index in [0.29, 0.717) is 0 Å². The van der Waals surface area contributed by atoms with Crippen LogP contribution in [0.4, 0.5) is 0 Å². The Labute approximate surface area is 141 Å². The molecular weight excluding hydrogens is 304 g/mol. The van der Waals surface area contributed by atoms with Gasteiger partial charge in [0.1, 0.15) is 0 Å². The van der Waals surface area contributed by atoms with Gasteiger partial charge in [-0.25, -0.2) is 4.98 Å². The van der Waals surface area contributed by atoms with E-state index in [9.17, 15) is 0 Å². The highest BCUT2D eigenvalue weighted by Crippen LogP contribution is 2.36. The normalized spacial score (nSPS) is 14.2. The largest absolute Gasteiger partial charge is 0.330 e. The molecule has 2 nitrogen and oxygen atoms in total. The Bertz CT molecular complexity index is 812. The molecule has 0 amide bonds. The molecule has 1 heterocycles. The van der Waals surface area contributed by atoms with Crippen molar-refractivity contribution in [1.29, 1.82) is 0 Å². The van der Waals surface area contributed by atoms with Crippen LogP contribution < -0.4 is 0 Å². The summed E-state index contributed by atoms with van der Waals surface area (Å²) in [6.07, 6.45) is 4.65. The summed E-state index contributed by atoms with van der Waals surface area (Å²) in [6.45, 7) is 3.18. The topological polar surface area (TPSA) is 17.8 Å². The molecule has 23 heavy (non-hydrogen) atoms. The standard InChI is InChI=1S/C20H19ClN2/c1-14-2-6-17(7-3-14)20-19(16-8-10-18(21)11-9-16)22-13-23(20)12-15-4-5-15/h2-3,6-11,13,15H,4-5,12H2,1H3. The molecule has 0 N–H and O–H groups in total. The minimum atomic E-state index is 0.753. The number of aryl methyl sites for hydroxylation is 1. The van der Waals surface area contributed by atoms with E-state index >= 15 is 0 Å². The Morgan fingerprint density at radius 2 is 1.65 bits per heavy atom. The van der Waals surface area contributed by atoms with Crippen LogP contribution >= 0.6 is 11.6 Å². The van der Waals surface area contributed by atoms with E-state index in [-0.39, 0.29) is 0 Å². The van der Waals surface area contributed by atoms with Crippen molar-refractivity contribution < 1.29 is 0 Å². The van der Waals surface area contributed by atoms with Crippen LogP contribution in [0.3, 0.4) is 0 Å². The first kappa shape index (κ1) is 14.5. The van der Waals surface area contributed by atoms with Gasteiger partial charge in [0, 0.05) is 22.7 Å². The molecule has 0 radical (unpaired) electrons. The Morgan fingerprint density at radius 3 is 2.30 bits per heavy atom. The van der Waals surface area contributed by atoms with Gasteiger partial charge in [-0.05, 0) is 37.8 Å². The lowest BCUT2D eigenvalue weighted by Gasteiger charge is -2.11. The Kier molecular flexibility index (Phi) is 3.70. The number of benzene rings is 2. The fourth-order valence-corrected chi connectivity index (χ4v) is 3.06. The Hall–Kier alpha value is -2.06. The maximum atomic E-state index is 6.03. The maximum Gasteiger partial charge on any atom is 0.0963 e. The second-order valence-corrected chi connectivity index (χ2v) is 6.85. The fraction of sp³-hybridized carbons (Fsp3) is 0.250. The van der Waals surface area contributed by atoms with E-state index < -0.39 is 0 Å². The summed E-state index contributed by atoms with van der Waals surface area (Å²) in [4.78, 5) is 4.72. The van der Waals surface area contributed by atoms with Crippen molar-refractivity contribution in [3.63, 3.8) is 0 Å². The zero-order valence-corrected chi connectivity index (χ0v) is 13.9. The molecule has 1 fully saturated rings. The summed E-state index contributed by atoms with van der Waals surface area (Å²) in [7, 11) is 0. The molecule has 0 saturated heterocycles. The average molecular weight is 323 g/mol. The quantitative estimate of drug-likeness (QED) is 0.612. The van der Waals surface area contributed by atoms with E-state index in [2.05, 4.69) is 35.8 Å². The molecule has 2 aromatic carbocycles. The number of rotatable bonds is 4. The van der Waals surface area contributed by atoms with Crippen LogP contribution in [0.1, 0.15) is 18.4 Å². The summed E-state index contributed by atoms with van der Waals surface area (Å²) >= 11 is 6.03. The third kappa shape index (κ3) is 3.04. The minimum absolute atomic E-state index is 0.753. The van der Waals surface area contributed by atoms with Gasteiger partial charge < -0.3 is 4.57 Å². The van der Waals surface area contributed by atoms with Gasteiger partial charge in [0.25, 0.3) is 0 Å². The van der Waals surface area contributed by atoms with Crippen molar-refractivity contribution >= 4 is 11.6 Å². The van der Waals surface area contributed by atoms with E-state index in [4.69, 9.17) is 16.6 Å². The van der Waals surface area contributed by atoms with E-state index in [1.165, 1.54) is 29.7 Å². The number of hydrogen-bond donors (Lipinski definition) is 0. The van der Waals surface area contributed by atoms with E-state index in [0.717, 1.165) is 28.7 Å². The van der Waals surface area contributed by atoms with Crippen molar-refractivity contribution in [1.82, 2.24) is 9.55 Å². The van der Waals surface area contributed by atoms with Crippen LogP contribution in [0.2, 0.25) is 5.02 Å². The number of hydrogen-bond acceptors (Lipinski definition) is 1. The average Bonchev–Trinajstić information content (AvgIpc) is 3.28. The first-order valence-corrected chi connectivity index (χ1v) is 8.46. The van der Waals surface area contributed by atoms with E-state index in [1.807, 2.05) is 30.6 Å². The van der Waals surface area contributed by atoms with Crippen LogP contribution in [0.25, 0.3) is 22.5 Å². The van der Waals surface area contributed by atoms with Gasteiger partial charge in [0.15, 0.2) is 0 Å². The molecule has 1 aliphatic rings. The van der Waals surface area contributed by atoms with Crippen molar-refractivity contribution in [3.05, 3.63) is 65.4 Å². The van der Waals surface area contributed by atoms with Crippen LogP contribution in [-0.2, 0) is 6.54 Å². The fourth-order valence-electron chi connectivity index (χ4n) is 2.93. The number of imidazole rings is 1. The summed E-state index contributed by atoms with van der Waals surface area (Å²) in [6, 6.07) is 16.6. The molecule has 0 aliphatic heterocycles. The van der Waals surface area contributed by atoms with Crippen molar-refractivity contribution in [2.75, 3.05) is 0 Å². The monoisotopic (exact) mass is 322 g/mol. The highest BCUT2D eigenvalue weighted by Gasteiger charge is 2.24. The van der Waals surface area contributed by atoms with Crippen LogP contribution in [-0.4, -0.2) is 9.55 Å². The van der Waals surface area contributed by atoms with Gasteiger partial charge in [-0.1, -0.05) is 53.6 Å². The molecule has 1 saturated carbocycles. The zero-order valence-electron chi connectivity index (χ0n) is 13.2. The molecule has 1 aliphatic carbocycles. The number of halogens is 1. The molecule has 0 unspecified atom stereocenters. The molecule has 3 heteroatoms. The molecule has 0 atom stereocenters. The first-order valence-electron chi connectivity index (χ1n) is 8.09. The first-order chi connectivity index (χ1) is 11.2. The predicted octanol–water partition coefficient (Wildman–Crippen LogP) is 5.59. The van der Waals surface area contributed by atoms with Gasteiger partial charge in [-0.2, -0.15) is 0 Å². The summed E-state index contributed by atoms with van der Waals surface area (Å²) < 4.78 is 2.31. The predicted molar refractivity (Wildman–Crippen MR) is 95.6 cm³/mol. The maximum absolute atomic E-state index is 6.03. The molecule has 3 aromatic rings. The lowest BCUT2D eigenvalue weighted by molar-refractivity contribution is 0.631. The summed E-state index contributed by atoms with van der Waals surface area (Å²) in [5.74, 6) is 0.812. The lowest BCUT2D eigenvalue weighted by Crippen LogP contribution is -2.01. The van der Waals surface area contributed by atoms with Crippen LogP contribution in [0.15, 0.2) is 54.9 Å². The molecule has 0 spiro atoms. The third-order valence-corrected chi connectivity index (χ3v) is 4.68. The zero-order chi connectivity index (χ0) is 15.8. The lowest BCUT2D eigenvalue weighted by atomic mass is 10.0. The third-order valence-electron chi connectivity index (χ3n) is 4.43. The Morgan fingerprint density at radius 1 is 1.00 bits per heavy atom. The number of nitrogens with zero attached hydrogens (tertiary/aromatic N) is 2. The second kappa shape index (κ2) is 5.86. The summed E-state index contributed by atoms with van der Waals surface area (Å²) in [5, 5.41) is 0.753. The molecule has 0 bridgehead atoms. The van der Waals surface area contributed by atoms with Crippen molar-refractivity contribution in [2.45, 2.75) is 26.3 Å². The summed E-state index contributed by atoms with van der Waals surface area (Å²) in [5.41, 5.74) is 5.85. The van der Waals surface area contributed by atoms with Crippen LogP contribution in [0, 0.1) is 12.8 Å². The molecule has 1 aromatic heterocycles. The van der Waals surface area contributed by atoms with Gasteiger partial charge >= 0.3 is 0 Å². The van der Waals surface area contributed by atoms with Gasteiger partial charge in [-0.3, -0.25) is 0 Å². The van der Waals surface area contributed by atoms with Gasteiger partial charge in [0.05, 0.1) is 17.7 Å². The SMILES string of the molecule is Cc1ccc(-c2c(-c3ccc(Cl)cc3)ncn2CC2CC2)cc1. The highest BCUT2D eigenvalue weighted by atomic mass is 35.5. The molecule has 116 valence electrons. The molecule has 4 rings (SSSR count). The highest BCUT2D eigenvalue weighted by molar-refractivity contribution is 6.30. The Balaban J connectivity index is 1.83. The number of aromatic nitrogens is 2. The van der Waals surface area contributed by atoms with E-state index in [1.54, 1.807) is 0 Å². The smallest absolute Gasteiger partial charge is 0.0963 e. The van der Waals surface area contributed by atoms with Crippen molar-refractivity contribution in [2.24, 2.45) is 5.92 Å². The van der Waals surface area contributed by atoms with Gasteiger partial charge in [0.2, 0.25) is 0 Å². The second-order valence-electron chi connectivity index (χ2n) is 6.41.